The number of aromatic hydroxyl groups is 1. The molecule has 2 N–H and O–H groups in total. The number of phenolic OH excluding ortho intramolecular Hbond substituents is 1. The van der Waals surface area contributed by atoms with Gasteiger partial charge in [0.25, 0.3) is 6.43 Å². The molecule has 1 aliphatic heterocycles. The topological polar surface area (TPSA) is 78.7 Å². The van der Waals surface area contributed by atoms with E-state index in [9.17, 15) is 19.0 Å². The average Bonchev–Trinajstić information content (AvgIpc) is 2.61. The summed E-state index contributed by atoms with van der Waals surface area (Å²) in [6, 6.07) is 5.41. The van der Waals surface area contributed by atoms with Crippen LogP contribution in [0, 0.1) is 0 Å². The molecule has 25 heavy (non-hydrogen) atoms. The van der Waals surface area contributed by atoms with Crippen molar-refractivity contribution < 1.29 is 23.7 Å². The van der Waals surface area contributed by atoms with Crippen LogP contribution in [0.3, 0.4) is 0 Å². The third-order valence-electron chi connectivity index (χ3n) is 3.93. The van der Waals surface area contributed by atoms with E-state index in [4.69, 9.17) is 16.3 Å². The van der Waals surface area contributed by atoms with Gasteiger partial charge in [-0.25, -0.2) is 8.78 Å². The van der Waals surface area contributed by atoms with E-state index in [-0.39, 0.29) is 40.0 Å². The third-order valence-corrected chi connectivity index (χ3v) is 4.16. The lowest BCUT2D eigenvalue weighted by Crippen LogP contribution is -2.44. The summed E-state index contributed by atoms with van der Waals surface area (Å²) in [4.78, 5) is 1.73. The first-order valence-electron chi connectivity index (χ1n) is 7.61. The zero-order chi connectivity index (χ0) is 18.0. The molecule has 0 radical (unpaired) electrons. The minimum absolute atomic E-state index is 0.0973. The van der Waals surface area contributed by atoms with Crippen molar-refractivity contribution >= 4 is 17.4 Å². The Bertz CT molecular complexity index is 763. The van der Waals surface area contributed by atoms with E-state index in [1.54, 1.807) is 4.90 Å². The van der Waals surface area contributed by atoms with Gasteiger partial charge >= 0.3 is 0 Å². The molecule has 0 aliphatic carbocycles. The fraction of sp³-hybridized carbons (Fsp3) is 0.375. The Balaban J connectivity index is 1.98. The van der Waals surface area contributed by atoms with E-state index in [1.165, 1.54) is 24.3 Å². The molecule has 2 heterocycles. The zero-order valence-corrected chi connectivity index (χ0v) is 13.8. The van der Waals surface area contributed by atoms with Gasteiger partial charge in [-0.2, -0.15) is 0 Å². The monoisotopic (exact) mass is 371 g/mol. The minimum atomic E-state index is -2.80. The molecule has 0 unspecified atom stereocenters. The first-order chi connectivity index (χ1) is 12.0. The molecule has 1 aliphatic rings. The van der Waals surface area contributed by atoms with Crippen molar-refractivity contribution in [1.82, 2.24) is 10.2 Å². The maximum absolute atomic E-state index is 13.6. The Hall–Kier alpha value is -2.03. The Kier molecular flexibility index (Phi) is 5.31. The Labute approximate surface area is 147 Å². The number of halogens is 3. The van der Waals surface area contributed by atoms with E-state index >= 15 is 0 Å². The summed E-state index contributed by atoms with van der Waals surface area (Å²) in [7, 11) is 0. The van der Waals surface area contributed by atoms with Gasteiger partial charge in [0.15, 0.2) is 5.82 Å². The van der Waals surface area contributed by atoms with Crippen molar-refractivity contribution in [2.75, 3.05) is 31.2 Å². The molecule has 9 heteroatoms. The van der Waals surface area contributed by atoms with Gasteiger partial charge in [0.1, 0.15) is 11.4 Å². The molecular weight excluding hydrogens is 356 g/mol. The first-order valence-corrected chi connectivity index (χ1v) is 7.99. The number of ether oxygens (including phenoxy) is 1. The summed E-state index contributed by atoms with van der Waals surface area (Å²) >= 11 is 5.78. The molecule has 1 saturated heterocycles. The molecular formula is C16H16ClF2N3O3. The second-order valence-corrected chi connectivity index (χ2v) is 6.03. The van der Waals surface area contributed by atoms with E-state index in [2.05, 4.69) is 10.2 Å². The van der Waals surface area contributed by atoms with Crippen LogP contribution in [0.2, 0.25) is 5.02 Å². The van der Waals surface area contributed by atoms with Crippen LogP contribution < -0.4 is 4.90 Å². The molecule has 0 bridgehead atoms. The van der Waals surface area contributed by atoms with Crippen LogP contribution in [0.1, 0.15) is 12.0 Å². The zero-order valence-electron chi connectivity index (χ0n) is 13.1. The minimum Gasteiger partial charge on any atom is -0.507 e. The number of aliphatic hydroxyl groups excluding tert-OH is 1. The van der Waals surface area contributed by atoms with Crippen LogP contribution in [0.15, 0.2) is 24.3 Å². The third kappa shape index (κ3) is 3.81. The summed E-state index contributed by atoms with van der Waals surface area (Å²) in [5, 5.41) is 27.4. The normalized spacial score (nSPS) is 18.0. The SMILES string of the molecule is OC[C@@H]1CN(c2cc(C(F)F)c(-c3ccc(Cl)cc3O)nn2)CCO1. The highest BCUT2D eigenvalue weighted by Crippen LogP contribution is 2.36. The first kappa shape index (κ1) is 17.8. The van der Waals surface area contributed by atoms with Gasteiger partial charge in [-0.05, 0) is 24.3 Å². The highest BCUT2D eigenvalue weighted by atomic mass is 35.5. The van der Waals surface area contributed by atoms with Crippen LogP contribution >= 0.6 is 11.6 Å². The number of benzene rings is 1. The van der Waals surface area contributed by atoms with Gasteiger partial charge in [0.05, 0.1) is 19.3 Å². The summed E-state index contributed by atoms with van der Waals surface area (Å²) in [5.74, 6) is 0.0254. The summed E-state index contributed by atoms with van der Waals surface area (Å²) < 4.78 is 32.5. The summed E-state index contributed by atoms with van der Waals surface area (Å²) in [6.07, 6.45) is -3.19. The van der Waals surface area contributed by atoms with Crippen LogP contribution in [0.25, 0.3) is 11.3 Å². The average molecular weight is 372 g/mol. The Morgan fingerprint density at radius 2 is 2.12 bits per heavy atom. The van der Waals surface area contributed by atoms with Crippen molar-refractivity contribution in [3.8, 4) is 17.0 Å². The largest absolute Gasteiger partial charge is 0.507 e. The van der Waals surface area contributed by atoms with Crippen LogP contribution in [0.5, 0.6) is 5.75 Å². The molecule has 1 fully saturated rings. The Morgan fingerprint density at radius 1 is 1.32 bits per heavy atom. The van der Waals surface area contributed by atoms with Crippen molar-refractivity contribution in [2.45, 2.75) is 12.5 Å². The number of hydrogen-bond acceptors (Lipinski definition) is 6. The predicted octanol–water partition coefficient (Wildman–Crippen LogP) is 2.64. The number of hydrogen-bond donors (Lipinski definition) is 2. The highest BCUT2D eigenvalue weighted by molar-refractivity contribution is 6.30. The molecule has 0 amide bonds. The van der Waals surface area contributed by atoms with Crippen molar-refractivity contribution in [1.29, 1.82) is 0 Å². The van der Waals surface area contributed by atoms with Gasteiger partial charge in [-0.1, -0.05) is 11.6 Å². The van der Waals surface area contributed by atoms with E-state index in [0.717, 1.165) is 0 Å². The lowest BCUT2D eigenvalue weighted by molar-refractivity contribution is 0.00330. The molecule has 0 spiro atoms. The number of aliphatic hydroxyl groups is 1. The van der Waals surface area contributed by atoms with Crippen molar-refractivity contribution in [2.24, 2.45) is 0 Å². The van der Waals surface area contributed by atoms with E-state index in [1.807, 2.05) is 0 Å². The number of nitrogens with zero attached hydrogens (tertiary/aromatic N) is 3. The summed E-state index contributed by atoms with van der Waals surface area (Å²) in [5.41, 5.74) is -0.302. The van der Waals surface area contributed by atoms with Gasteiger partial charge in [0, 0.05) is 29.2 Å². The standard InChI is InChI=1S/C16H16ClF2N3O3/c17-9-1-2-11(13(24)5-9)15-12(16(18)19)6-14(20-21-15)22-3-4-25-10(7-22)8-23/h1-2,5-6,10,16,23-24H,3-4,7-8H2/t10-/m0/s1. The highest BCUT2D eigenvalue weighted by Gasteiger charge is 2.25. The fourth-order valence-corrected chi connectivity index (χ4v) is 2.83. The van der Waals surface area contributed by atoms with Crippen LogP contribution in [-0.4, -0.2) is 52.8 Å². The van der Waals surface area contributed by atoms with Crippen LogP contribution in [0.4, 0.5) is 14.6 Å². The Morgan fingerprint density at radius 3 is 2.80 bits per heavy atom. The maximum atomic E-state index is 13.6. The van der Waals surface area contributed by atoms with Gasteiger partial charge in [-0.3, -0.25) is 0 Å². The van der Waals surface area contributed by atoms with Gasteiger partial charge in [0.2, 0.25) is 0 Å². The molecule has 1 aromatic carbocycles. The lowest BCUT2D eigenvalue weighted by atomic mass is 10.1. The molecule has 1 aromatic heterocycles. The molecule has 0 saturated carbocycles. The number of aromatic nitrogens is 2. The van der Waals surface area contributed by atoms with Gasteiger partial charge in [-0.15, -0.1) is 10.2 Å². The molecule has 1 atom stereocenters. The van der Waals surface area contributed by atoms with Crippen LogP contribution in [-0.2, 0) is 4.74 Å². The molecule has 6 nitrogen and oxygen atoms in total. The second kappa shape index (κ2) is 7.47. The predicted molar refractivity (Wildman–Crippen MR) is 88.1 cm³/mol. The summed E-state index contributed by atoms with van der Waals surface area (Å²) in [6.45, 7) is 0.984. The second-order valence-electron chi connectivity index (χ2n) is 5.59. The van der Waals surface area contributed by atoms with Gasteiger partial charge < -0.3 is 19.8 Å². The molecule has 134 valence electrons. The smallest absolute Gasteiger partial charge is 0.266 e. The van der Waals surface area contributed by atoms with E-state index < -0.39 is 12.5 Å². The number of anilines is 1. The molecule has 3 rings (SSSR count). The number of morpholine rings is 1. The lowest BCUT2D eigenvalue weighted by Gasteiger charge is -2.32. The van der Waals surface area contributed by atoms with Crippen molar-refractivity contribution in [3.05, 3.63) is 34.9 Å². The van der Waals surface area contributed by atoms with Crippen molar-refractivity contribution in [3.63, 3.8) is 0 Å². The molecule has 2 aromatic rings. The van der Waals surface area contributed by atoms with E-state index in [0.29, 0.717) is 19.7 Å². The number of rotatable bonds is 4. The fourth-order valence-electron chi connectivity index (χ4n) is 2.67. The maximum Gasteiger partial charge on any atom is 0.266 e. The quantitative estimate of drug-likeness (QED) is 0.860. The number of alkyl halides is 2. The number of phenols is 1.